The van der Waals surface area contributed by atoms with E-state index < -0.39 is 0 Å². The predicted molar refractivity (Wildman–Crippen MR) is 100 cm³/mol. The zero-order valence-corrected chi connectivity index (χ0v) is 14.9. The van der Waals surface area contributed by atoms with Crippen molar-refractivity contribution in [3.8, 4) is 5.75 Å². The summed E-state index contributed by atoms with van der Waals surface area (Å²) in [6, 6.07) is 16.3. The van der Waals surface area contributed by atoms with E-state index in [1.807, 2.05) is 42.5 Å². The van der Waals surface area contributed by atoms with Crippen molar-refractivity contribution < 1.29 is 9.53 Å². The molecule has 3 rings (SSSR count). The Balaban J connectivity index is 1.72. The molecule has 7 heteroatoms. The van der Waals surface area contributed by atoms with Crippen LogP contribution in [0.4, 0.5) is 17.2 Å². The first-order valence-corrected chi connectivity index (χ1v) is 8.23. The molecule has 0 aliphatic carbocycles. The van der Waals surface area contributed by atoms with Gasteiger partial charge >= 0.3 is 0 Å². The van der Waals surface area contributed by atoms with Crippen molar-refractivity contribution in [2.45, 2.75) is 0 Å². The molecule has 0 saturated carbocycles. The molecule has 0 aliphatic heterocycles. The van der Waals surface area contributed by atoms with Crippen molar-refractivity contribution in [1.82, 2.24) is 9.97 Å². The van der Waals surface area contributed by atoms with E-state index in [0.717, 1.165) is 15.9 Å². The summed E-state index contributed by atoms with van der Waals surface area (Å²) in [5.74, 6) is 0.986. The van der Waals surface area contributed by atoms with Crippen LogP contribution < -0.4 is 15.4 Å². The summed E-state index contributed by atoms with van der Waals surface area (Å²) in [4.78, 5) is 20.5. The van der Waals surface area contributed by atoms with Gasteiger partial charge < -0.3 is 15.4 Å². The number of aromatic nitrogens is 2. The van der Waals surface area contributed by atoms with Gasteiger partial charge in [0.15, 0.2) is 0 Å². The second-order valence-electron chi connectivity index (χ2n) is 5.11. The molecule has 0 spiro atoms. The van der Waals surface area contributed by atoms with Crippen molar-refractivity contribution >= 4 is 39.0 Å². The van der Waals surface area contributed by atoms with Gasteiger partial charge in [-0.15, -0.1) is 0 Å². The fourth-order valence-corrected chi connectivity index (χ4v) is 2.53. The van der Waals surface area contributed by atoms with Gasteiger partial charge in [0.1, 0.15) is 23.6 Å². The van der Waals surface area contributed by atoms with E-state index in [4.69, 9.17) is 4.74 Å². The highest BCUT2D eigenvalue weighted by Crippen LogP contribution is 2.19. The number of ether oxygens (including phenoxy) is 1. The van der Waals surface area contributed by atoms with E-state index in [1.165, 1.54) is 6.33 Å². The zero-order chi connectivity index (χ0) is 17.6. The molecular weight excluding hydrogens is 384 g/mol. The van der Waals surface area contributed by atoms with E-state index in [0.29, 0.717) is 11.5 Å². The normalized spacial score (nSPS) is 10.2. The maximum absolute atomic E-state index is 12.4. The molecule has 6 nitrogen and oxygen atoms in total. The summed E-state index contributed by atoms with van der Waals surface area (Å²) in [7, 11) is 1.61. The Morgan fingerprint density at radius 2 is 1.84 bits per heavy atom. The molecule has 126 valence electrons. The fourth-order valence-electron chi connectivity index (χ4n) is 2.13. The molecule has 0 bridgehead atoms. The average Bonchev–Trinajstić information content (AvgIpc) is 2.62. The number of anilines is 3. The monoisotopic (exact) mass is 398 g/mol. The molecule has 3 aromatic rings. The minimum atomic E-state index is -0.307. The molecule has 0 unspecified atom stereocenters. The van der Waals surface area contributed by atoms with Gasteiger partial charge in [-0.05, 0) is 42.5 Å². The summed E-state index contributed by atoms with van der Waals surface area (Å²) < 4.78 is 6.01. The lowest BCUT2D eigenvalue weighted by molar-refractivity contribution is 0.102. The quantitative estimate of drug-likeness (QED) is 0.671. The molecular formula is C18H15BrN4O2. The van der Waals surface area contributed by atoms with Crippen LogP contribution in [0.1, 0.15) is 10.5 Å². The first kappa shape index (κ1) is 16.9. The van der Waals surface area contributed by atoms with Crippen molar-refractivity contribution in [2.24, 2.45) is 0 Å². The van der Waals surface area contributed by atoms with Gasteiger partial charge in [-0.2, -0.15) is 0 Å². The molecule has 0 aliphatic rings. The Morgan fingerprint density at radius 1 is 1.04 bits per heavy atom. The van der Waals surface area contributed by atoms with Crippen LogP contribution in [0.5, 0.6) is 5.75 Å². The molecule has 1 aromatic heterocycles. The average molecular weight is 399 g/mol. The molecule has 0 fully saturated rings. The van der Waals surface area contributed by atoms with Crippen LogP contribution in [0.15, 0.2) is 65.4 Å². The molecule has 1 amide bonds. The van der Waals surface area contributed by atoms with E-state index in [2.05, 4.69) is 36.5 Å². The molecule has 25 heavy (non-hydrogen) atoms. The summed E-state index contributed by atoms with van der Waals surface area (Å²) in [5, 5.41) is 5.93. The number of hydrogen-bond acceptors (Lipinski definition) is 5. The van der Waals surface area contributed by atoms with Crippen LogP contribution in [-0.2, 0) is 0 Å². The first-order valence-electron chi connectivity index (χ1n) is 7.44. The van der Waals surface area contributed by atoms with E-state index >= 15 is 0 Å². The van der Waals surface area contributed by atoms with Crippen LogP contribution in [0.3, 0.4) is 0 Å². The summed E-state index contributed by atoms with van der Waals surface area (Å²) >= 11 is 3.37. The highest BCUT2D eigenvalue weighted by atomic mass is 79.9. The van der Waals surface area contributed by atoms with Gasteiger partial charge in [-0.3, -0.25) is 4.79 Å². The second-order valence-corrected chi connectivity index (χ2v) is 6.02. The smallest absolute Gasteiger partial charge is 0.274 e. The molecule has 2 aromatic carbocycles. The lowest BCUT2D eigenvalue weighted by Gasteiger charge is -2.08. The molecule has 0 saturated heterocycles. The van der Waals surface area contributed by atoms with Gasteiger partial charge in [0.05, 0.1) is 7.11 Å². The number of benzene rings is 2. The number of methoxy groups -OCH3 is 1. The number of amides is 1. The van der Waals surface area contributed by atoms with Crippen LogP contribution in [0.2, 0.25) is 0 Å². The summed E-state index contributed by atoms with van der Waals surface area (Å²) in [6.07, 6.45) is 1.35. The number of carbonyl (C=O) groups is 1. The summed E-state index contributed by atoms with van der Waals surface area (Å²) in [6.45, 7) is 0. The highest BCUT2D eigenvalue weighted by Gasteiger charge is 2.09. The summed E-state index contributed by atoms with van der Waals surface area (Å²) in [5.41, 5.74) is 1.78. The van der Waals surface area contributed by atoms with E-state index in [9.17, 15) is 4.79 Å². The standard InChI is InChI=1S/C18H15BrN4O2/c1-25-15-7-5-13(6-8-15)22-17-10-16(20-11-21-17)18(24)23-14-4-2-3-12(19)9-14/h2-11H,1H3,(H,23,24)(H,20,21,22). The highest BCUT2D eigenvalue weighted by molar-refractivity contribution is 9.10. The maximum Gasteiger partial charge on any atom is 0.274 e. The van der Waals surface area contributed by atoms with Crippen LogP contribution in [0.25, 0.3) is 0 Å². The third-order valence-electron chi connectivity index (χ3n) is 3.34. The number of nitrogens with one attached hydrogen (secondary N) is 2. The maximum atomic E-state index is 12.4. The Labute approximate surface area is 153 Å². The van der Waals surface area contributed by atoms with Gasteiger partial charge in [0, 0.05) is 21.9 Å². The van der Waals surface area contributed by atoms with Crippen molar-refractivity contribution in [1.29, 1.82) is 0 Å². The van der Waals surface area contributed by atoms with Gasteiger partial charge in [-0.1, -0.05) is 22.0 Å². The molecule has 1 heterocycles. The van der Waals surface area contributed by atoms with Crippen molar-refractivity contribution in [3.05, 3.63) is 71.1 Å². The Morgan fingerprint density at radius 3 is 2.56 bits per heavy atom. The number of halogens is 1. The topological polar surface area (TPSA) is 76.1 Å². The Bertz CT molecular complexity index is 884. The number of hydrogen-bond donors (Lipinski definition) is 2. The lowest BCUT2D eigenvalue weighted by atomic mass is 10.3. The largest absolute Gasteiger partial charge is 0.497 e. The second kappa shape index (κ2) is 7.76. The Hall–Kier alpha value is -2.93. The molecule has 0 radical (unpaired) electrons. The molecule has 2 N–H and O–H groups in total. The van der Waals surface area contributed by atoms with E-state index in [1.54, 1.807) is 19.2 Å². The number of carbonyl (C=O) groups excluding carboxylic acids is 1. The zero-order valence-electron chi connectivity index (χ0n) is 13.4. The SMILES string of the molecule is COc1ccc(Nc2cc(C(=O)Nc3cccc(Br)c3)ncn2)cc1. The lowest BCUT2D eigenvalue weighted by Crippen LogP contribution is -2.14. The third kappa shape index (κ3) is 4.54. The minimum absolute atomic E-state index is 0.269. The van der Waals surface area contributed by atoms with Crippen molar-refractivity contribution in [3.63, 3.8) is 0 Å². The fraction of sp³-hybridized carbons (Fsp3) is 0.0556. The van der Waals surface area contributed by atoms with Crippen LogP contribution >= 0.6 is 15.9 Å². The Kier molecular flexibility index (Phi) is 5.25. The van der Waals surface area contributed by atoms with Gasteiger partial charge in [-0.25, -0.2) is 9.97 Å². The van der Waals surface area contributed by atoms with E-state index in [-0.39, 0.29) is 11.6 Å². The third-order valence-corrected chi connectivity index (χ3v) is 3.84. The minimum Gasteiger partial charge on any atom is -0.497 e. The van der Waals surface area contributed by atoms with Crippen LogP contribution in [-0.4, -0.2) is 23.0 Å². The van der Waals surface area contributed by atoms with Gasteiger partial charge in [0.25, 0.3) is 5.91 Å². The van der Waals surface area contributed by atoms with Crippen molar-refractivity contribution in [2.75, 3.05) is 17.7 Å². The predicted octanol–water partition coefficient (Wildman–Crippen LogP) is 4.24. The number of nitrogens with zero attached hydrogens (tertiary/aromatic N) is 2. The number of rotatable bonds is 5. The van der Waals surface area contributed by atoms with Crippen LogP contribution in [0, 0.1) is 0 Å². The molecule has 0 atom stereocenters. The van der Waals surface area contributed by atoms with Gasteiger partial charge in [0.2, 0.25) is 0 Å². The first-order chi connectivity index (χ1) is 12.1.